The number of carboxylic acids is 2. The van der Waals surface area contributed by atoms with Crippen LogP contribution in [-0.2, 0) is 15.8 Å². The number of nitrogens with zero attached hydrogens (tertiary/aromatic N) is 1. The summed E-state index contributed by atoms with van der Waals surface area (Å²) in [6, 6.07) is 18.1. The molecule has 10 heteroatoms. The third-order valence-corrected chi connectivity index (χ3v) is 4.26. The maximum Gasteiger partial charge on any atom is 0.416 e. The molecule has 0 aromatic heterocycles. The van der Waals surface area contributed by atoms with Gasteiger partial charge < -0.3 is 14.9 Å². The summed E-state index contributed by atoms with van der Waals surface area (Å²) in [6.07, 6.45) is -2.75. The monoisotopic (exact) mass is 483 g/mol. The predicted octanol–water partition coefficient (Wildman–Crippen LogP) is 5.56. The van der Waals surface area contributed by atoms with E-state index in [1.165, 1.54) is 12.1 Å². The van der Waals surface area contributed by atoms with E-state index in [0.717, 1.165) is 23.8 Å². The number of benzene rings is 3. The van der Waals surface area contributed by atoms with Crippen molar-refractivity contribution >= 4 is 18.2 Å². The molecular formula is C25H16F3NO6. The second-order valence-electron chi connectivity index (χ2n) is 6.67. The van der Waals surface area contributed by atoms with Crippen molar-refractivity contribution in [1.82, 2.24) is 0 Å². The highest BCUT2D eigenvalue weighted by Crippen LogP contribution is 2.36. The molecule has 0 fully saturated rings. The summed E-state index contributed by atoms with van der Waals surface area (Å²) in [6.45, 7) is 0. The summed E-state index contributed by atoms with van der Waals surface area (Å²) in [4.78, 5) is 30.4. The summed E-state index contributed by atoms with van der Waals surface area (Å²) in [5, 5.41) is 24.8. The highest BCUT2D eigenvalue weighted by Gasteiger charge is 2.31. The molecule has 0 radical (unpaired) electrons. The Balaban J connectivity index is 0.000000466. The van der Waals surface area contributed by atoms with Crippen molar-refractivity contribution in [2.75, 3.05) is 0 Å². The summed E-state index contributed by atoms with van der Waals surface area (Å²) in [7, 11) is 0. The summed E-state index contributed by atoms with van der Waals surface area (Å²) < 4.78 is 44.4. The number of aliphatic carboxylic acids is 2. The quantitative estimate of drug-likeness (QED) is 0.347. The van der Waals surface area contributed by atoms with E-state index >= 15 is 0 Å². The Bertz CT molecular complexity index is 1280. The third kappa shape index (κ3) is 7.87. The van der Waals surface area contributed by atoms with E-state index in [1.807, 2.05) is 12.1 Å². The molecule has 0 saturated heterocycles. The molecule has 2 N–H and O–H groups in total. The summed E-state index contributed by atoms with van der Waals surface area (Å²) >= 11 is 0. The third-order valence-electron chi connectivity index (χ3n) is 4.26. The van der Waals surface area contributed by atoms with E-state index in [-0.39, 0.29) is 17.1 Å². The highest BCUT2D eigenvalue weighted by atomic mass is 19.4. The molecule has 0 aliphatic carbocycles. The minimum absolute atomic E-state index is 0.0243. The van der Waals surface area contributed by atoms with Gasteiger partial charge in [0.1, 0.15) is 17.6 Å². The Labute approximate surface area is 196 Å². The minimum atomic E-state index is -4.55. The molecule has 0 saturated carbocycles. The molecule has 3 aromatic carbocycles. The van der Waals surface area contributed by atoms with Gasteiger partial charge in [0.2, 0.25) is 0 Å². The van der Waals surface area contributed by atoms with Crippen LogP contribution in [0.3, 0.4) is 0 Å². The van der Waals surface area contributed by atoms with Gasteiger partial charge in [-0.2, -0.15) is 18.4 Å². The average Bonchev–Trinajstić information content (AvgIpc) is 2.83. The van der Waals surface area contributed by atoms with Crippen LogP contribution < -0.4 is 4.74 Å². The number of carbonyl (C=O) groups is 3. The lowest BCUT2D eigenvalue weighted by Crippen LogP contribution is -2.05. The fourth-order valence-electron chi connectivity index (χ4n) is 2.71. The van der Waals surface area contributed by atoms with Gasteiger partial charge in [0.05, 0.1) is 11.1 Å². The minimum Gasteiger partial charge on any atom is -0.478 e. The number of aldehydes is 1. The normalized spacial score (nSPS) is 10.6. The molecule has 35 heavy (non-hydrogen) atoms. The van der Waals surface area contributed by atoms with E-state index in [0.29, 0.717) is 29.6 Å². The van der Waals surface area contributed by atoms with Crippen molar-refractivity contribution in [1.29, 1.82) is 5.26 Å². The summed E-state index contributed by atoms with van der Waals surface area (Å²) in [5.74, 6) is -2.50. The van der Waals surface area contributed by atoms with Crippen LogP contribution in [0.5, 0.6) is 11.5 Å². The first-order valence-corrected chi connectivity index (χ1v) is 9.63. The number of carboxylic acid groups (broad SMARTS) is 2. The second kappa shape index (κ2) is 11.8. The molecule has 0 aliphatic heterocycles. The first kappa shape index (κ1) is 26.3. The van der Waals surface area contributed by atoms with E-state index in [1.54, 1.807) is 30.3 Å². The first-order chi connectivity index (χ1) is 16.5. The van der Waals surface area contributed by atoms with Gasteiger partial charge in [-0.1, -0.05) is 30.3 Å². The van der Waals surface area contributed by atoms with E-state index < -0.39 is 23.7 Å². The zero-order chi connectivity index (χ0) is 26.0. The van der Waals surface area contributed by atoms with Crippen LogP contribution >= 0.6 is 0 Å². The van der Waals surface area contributed by atoms with Crippen molar-refractivity contribution in [3.8, 4) is 28.7 Å². The van der Waals surface area contributed by atoms with Gasteiger partial charge in [-0.15, -0.1) is 0 Å². The van der Waals surface area contributed by atoms with Gasteiger partial charge in [0.25, 0.3) is 0 Å². The Morgan fingerprint density at radius 3 is 2.06 bits per heavy atom. The van der Waals surface area contributed by atoms with E-state index in [2.05, 4.69) is 0 Å². The zero-order valence-corrected chi connectivity index (χ0v) is 17.7. The number of carbonyl (C=O) groups excluding carboxylic acids is 1. The van der Waals surface area contributed by atoms with E-state index in [4.69, 9.17) is 20.2 Å². The van der Waals surface area contributed by atoms with Crippen LogP contribution in [0.2, 0.25) is 0 Å². The maximum absolute atomic E-state index is 12.9. The number of hydrogen-bond acceptors (Lipinski definition) is 5. The fourth-order valence-corrected chi connectivity index (χ4v) is 2.71. The van der Waals surface area contributed by atoms with Crippen LogP contribution in [0.15, 0.2) is 78.9 Å². The van der Waals surface area contributed by atoms with Gasteiger partial charge in [0, 0.05) is 17.7 Å². The molecule has 0 atom stereocenters. The lowest BCUT2D eigenvalue weighted by atomic mass is 10.00. The van der Waals surface area contributed by atoms with Crippen LogP contribution in [0.1, 0.15) is 21.5 Å². The molecule has 3 aromatic rings. The lowest BCUT2D eigenvalue weighted by molar-refractivity contribution is -0.137. The SMILES string of the molecule is N#Cc1ccc(C(F)(F)F)cc1Oc1ccc(C=O)c(-c2ccccc2)c1.O=C(O)/C=C/C(=O)O. The molecule has 7 nitrogen and oxygen atoms in total. The van der Waals surface area contributed by atoms with Crippen molar-refractivity contribution in [3.63, 3.8) is 0 Å². The number of nitriles is 1. The van der Waals surface area contributed by atoms with Crippen molar-refractivity contribution < 1.29 is 42.5 Å². The molecule has 178 valence electrons. The molecule has 0 unspecified atom stereocenters. The number of halogens is 3. The predicted molar refractivity (Wildman–Crippen MR) is 118 cm³/mol. The van der Waals surface area contributed by atoms with Crippen LogP contribution in [0.4, 0.5) is 13.2 Å². The number of rotatable bonds is 6. The molecular weight excluding hydrogens is 467 g/mol. The van der Waals surface area contributed by atoms with E-state index in [9.17, 15) is 27.6 Å². The van der Waals surface area contributed by atoms with Gasteiger partial charge in [-0.3, -0.25) is 4.79 Å². The Morgan fingerprint density at radius 2 is 1.54 bits per heavy atom. The fraction of sp³-hybridized carbons (Fsp3) is 0.0400. The maximum atomic E-state index is 12.9. The summed E-state index contributed by atoms with van der Waals surface area (Å²) in [5.41, 5.74) is 0.814. The van der Waals surface area contributed by atoms with Crippen molar-refractivity contribution in [3.05, 3.63) is 95.6 Å². The van der Waals surface area contributed by atoms with Crippen LogP contribution in [0, 0.1) is 11.3 Å². The van der Waals surface area contributed by atoms with Gasteiger partial charge in [0.15, 0.2) is 6.29 Å². The van der Waals surface area contributed by atoms with Crippen LogP contribution in [0.25, 0.3) is 11.1 Å². The topological polar surface area (TPSA) is 125 Å². The molecule has 3 rings (SSSR count). The molecule has 0 bridgehead atoms. The van der Waals surface area contributed by atoms with Crippen molar-refractivity contribution in [2.24, 2.45) is 0 Å². The molecule has 0 amide bonds. The van der Waals surface area contributed by atoms with Crippen molar-refractivity contribution in [2.45, 2.75) is 6.18 Å². The number of hydrogen-bond donors (Lipinski definition) is 2. The van der Waals surface area contributed by atoms with Gasteiger partial charge in [-0.05, 0) is 47.5 Å². The Kier molecular flexibility index (Phi) is 8.89. The highest BCUT2D eigenvalue weighted by molar-refractivity contribution is 5.89. The second-order valence-corrected chi connectivity index (χ2v) is 6.67. The number of ether oxygens (including phenoxy) is 1. The number of alkyl halides is 3. The zero-order valence-electron chi connectivity index (χ0n) is 17.7. The van der Waals surface area contributed by atoms with Gasteiger partial charge in [-0.25, -0.2) is 9.59 Å². The Hall–Kier alpha value is -4.91. The average molecular weight is 483 g/mol. The first-order valence-electron chi connectivity index (χ1n) is 9.63. The Morgan fingerprint density at radius 1 is 0.914 bits per heavy atom. The largest absolute Gasteiger partial charge is 0.478 e. The standard InChI is InChI=1S/C21H12F3NO2.C4H4O4/c22-21(23,24)17-8-6-15(12-25)20(10-17)27-18-9-7-16(13-26)19(11-18)14-4-2-1-3-5-14;5-3(6)1-2-4(7)8/h1-11,13H;1-2H,(H,5,6)(H,7,8)/b;2-1+. The molecule has 0 heterocycles. The smallest absolute Gasteiger partial charge is 0.416 e. The van der Waals surface area contributed by atoms with Gasteiger partial charge >= 0.3 is 18.1 Å². The molecule has 0 aliphatic rings. The lowest BCUT2D eigenvalue weighted by Gasteiger charge is -2.13. The van der Waals surface area contributed by atoms with Crippen LogP contribution in [-0.4, -0.2) is 28.4 Å². The molecule has 0 spiro atoms.